The van der Waals surface area contributed by atoms with Crippen LogP contribution < -0.4 is 21.3 Å². The van der Waals surface area contributed by atoms with Crippen LogP contribution in [0.15, 0.2) is 36.5 Å². The second-order valence-electron chi connectivity index (χ2n) is 7.30. The molecule has 0 saturated carbocycles. The normalized spacial score (nSPS) is 12.9. The lowest BCUT2D eigenvalue weighted by molar-refractivity contribution is -0.116. The van der Waals surface area contributed by atoms with Crippen molar-refractivity contribution in [1.82, 2.24) is 15.3 Å². The van der Waals surface area contributed by atoms with E-state index < -0.39 is 17.5 Å². The number of aromatic nitrogens is 2. The molecule has 0 fully saturated rings. The van der Waals surface area contributed by atoms with Crippen molar-refractivity contribution in [3.63, 3.8) is 0 Å². The van der Waals surface area contributed by atoms with Gasteiger partial charge >= 0.3 is 0 Å². The van der Waals surface area contributed by atoms with E-state index in [9.17, 15) is 18.4 Å². The summed E-state index contributed by atoms with van der Waals surface area (Å²) in [6.07, 6.45) is 3.33. The van der Waals surface area contributed by atoms with Crippen LogP contribution in [-0.4, -0.2) is 28.8 Å². The van der Waals surface area contributed by atoms with Gasteiger partial charge in [-0.3, -0.25) is 9.59 Å². The maximum Gasteiger partial charge on any atom is 0.253 e. The molecular formula is C22H19ClF2N6O2. The van der Waals surface area contributed by atoms with Gasteiger partial charge in [-0.2, -0.15) is 4.98 Å². The number of halogens is 3. The number of nitrogens with one attached hydrogen (secondary N) is 4. The summed E-state index contributed by atoms with van der Waals surface area (Å²) < 4.78 is 28.1. The van der Waals surface area contributed by atoms with Crippen LogP contribution in [0.25, 0.3) is 0 Å². The van der Waals surface area contributed by atoms with Crippen molar-refractivity contribution in [1.29, 1.82) is 0 Å². The van der Waals surface area contributed by atoms with E-state index in [4.69, 9.17) is 11.6 Å². The lowest BCUT2D eigenvalue weighted by atomic mass is 10.1. The fraction of sp³-hybridized carbons (Fsp3) is 0.182. The first-order valence-electron chi connectivity index (χ1n) is 10.0. The van der Waals surface area contributed by atoms with Crippen molar-refractivity contribution in [3.8, 4) is 0 Å². The molecule has 4 N–H and O–H groups in total. The van der Waals surface area contributed by atoms with Gasteiger partial charge in [0.2, 0.25) is 11.9 Å². The Hall–Kier alpha value is -3.79. The second kappa shape index (κ2) is 9.37. The molecule has 0 saturated heterocycles. The van der Waals surface area contributed by atoms with Crippen molar-refractivity contribution < 1.29 is 18.4 Å². The highest BCUT2D eigenvalue weighted by atomic mass is 35.5. The highest BCUT2D eigenvalue weighted by Gasteiger charge is 2.19. The van der Waals surface area contributed by atoms with Crippen LogP contribution in [0.1, 0.15) is 28.8 Å². The molecule has 0 aliphatic carbocycles. The van der Waals surface area contributed by atoms with Crippen molar-refractivity contribution >= 4 is 52.2 Å². The summed E-state index contributed by atoms with van der Waals surface area (Å²) in [4.78, 5) is 32.3. The molecule has 2 amide bonds. The van der Waals surface area contributed by atoms with E-state index in [0.717, 1.165) is 24.5 Å². The monoisotopic (exact) mass is 472 g/mol. The van der Waals surface area contributed by atoms with Crippen molar-refractivity contribution in [3.05, 3.63) is 64.3 Å². The first-order valence-corrected chi connectivity index (χ1v) is 10.4. The lowest BCUT2D eigenvalue weighted by Crippen LogP contribution is -2.20. The Morgan fingerprint density at radius 1 is 1.15 bits per heavy atom. The summed E-state index contributed by atoms with van der Waals surface area (Å²) in [5.41, 5.74) is 1.82. The first-order chi connectivity index (χ1) is 15.8. The molecule has 0 bridgehead atoms. The maximum atomic E-state index is 14.5. The molecular weight excluding hydrogens is 454 g/mol. The Labute approximate surface area is 192 Å². The molecule has 33 heavy (non-hydrogen) atoms. The molecule has 3 aromatic rings. The predicted molar refractivity (Wildman–Crippen MR) is 121 cm³/mol. The van der Waals surface area contributed by atoms with E-state index in [1.807, 2.05) is 12.1 Å². The smallest absolute Gasteiger partial charge is 0.253 e. The number of hydrogen-bond donors (Lipinski definition) is 4. The highest BCUT2D eigenvalue weighted by molar-refractivity contribution is 6.33. The fourth-order valence-electron chi connectivity index (χ4n) is 3.42. The van der Waals surface area contributed by atoms with Gasteiger partial charge in [-0.05, 0) is 36.6 Å². The van der Waals surface area contributed by atoms with Gasteiger partial charge in [0.05, 0.1) is 17.4 Å². The van der Waals surface area contributed by atoms with Crippen molar-refractivity contribution in [2.75, 3.05) is 23.0 Å². The summed E-state index contributed by atoms with van der Waals surface area (Å²) >= 11 is 6.17. The zero-order chi connectivity index (χ0) is 23.5. The third kappa shape index (κ3) is 5.01. The number of fused-ring (bicyclic) bond motifs is 1. The zero-order valence-electron chi connectivity index (χ0n) is 17.4. The van der Waals surface area contributed by atoms with Crippen molar-refractivity contribution in [2.45, 2.75) is 19.3 Å². The Morgan fingerprint density at radius 3 is 2.76 bits per heavy atom. The average Bonchev–Trinajstić information content (AvgIpc) is 2.97. The molecule has 170 valence electrons. The summed E-state index contributed by atoms with van der Waals surface area (Å²) in [5.74, 6) is -2.49. The Morgan fingerprint density at radius 2 is 1.97 bits per heavy atom. The number of carbonyl (C=O) groups is 2. The summed E-state index contributed by atoms with van der Waals surface area (Å²) in [6, 6.07) is 7.05. The number of aryl methyl sites for hydroxylation is 1. The summed E-state index contributed by atoms with van der Waals surface area (Å²) in [7, 11) is 1.34. The van der Waals surface area contributed by atoms with E-state index in [1.165, 1.54) is 13.2 Å². The van der Waals surface area contributed by atoms with Gasteiger partial charge in [-0.25, -0.2) is 13.8 Å². The van der Waals surface area contributed by atoms with E-state index in [-0.39, 0.29) is 33.9 Å². The topological polar surface area (TPSA) is 108 Å². The van der Waals surface area contributed by atoms with Crippen LogP contribution in [0.3, 0.4) is 0 Å². The van der Waals surface area contributed by atoms with Gasteiger partial charge in [-0.15, -0.1) is 0 Å². The largest absolute Gasteiger partial charge is 0.355 e. The number of amides is 2. The van der Waals surface area contributed by atoms with E-state index in [1.54, 1.807) is 6.07 Å². The van der Waals surface area contributed by atoms with Gasteiger partial charge in [0.1, 0.15) is 16.7 Å². The molecule has 1 aromatic heterocycles. The molecule has 8 nitrogen and oxygen atoms in total. The fourth-order valence-corrected chi connectivity index (χ4v) is 3.56. The third-order valence-corrected chi connectivity index (χ3v) is 5.28. The van der Waals surface area contributed by atoms with Gasteiger partial charge < -0.3 is 21.3 Å². The number of carbonyl (C=O) groups excluding carboxylic acids is 2. The third-order valence-electron chi connectivity index (χ3n) is 5.00. The number of benzene rings is 2. The molecule has 11 heteroatoms. The number of hydrogen-bond acceptors (Lipinski definition) is 6. The molecule has 2 aromatic carbocycles. The van der Waals surface area contributed by atoms with Crippen LogP contribution >= 0.6 is 11.6 Å². The first kappa shape index (κ1) is 22.4. The Bertz CT molecular complexity index is 1250. The minimum absolute atomic E-state index is 0.00731. The van der Waals surface area contributed by atoms with E-state index in [2.05, 4.69) is 31.2 Å². The number of nitrogens with zero attached hydrogens (tertiary/aromatic N) is 2. The predicted octanol–water partition coefficient (Wildman–Crippen LogP) is 4.53. The number of anilines is 5. The van der Waals surface area contributed by atoms with Crippen LogP contribution in [0.2, 0.25) is 5.02 Å². The molecule has 1 aliphatic rings. The van der Waals surface area contributed by atoms with Gasteiger partial charge in [0.15, 0.2) is 5.82 Å². The average molecular weight is 473 g/mol. The molecule has 0 unspecified atom stereocenters. The van der Waals surface area contributed by atoms with E-state index >= 15 is 0 Å². The van der Waals surface area contributed by atoms with Gasteiger partial charge in [0, 0.05) is 30.9 Å². The van der Waals surface area contributed by atoms with Crippen LogP contribution in [0, 0.1) is 11.6 Å². The summed E-state index contributed by atoms with van der Waals surface area (Å²) in [5, 5.41) is 10.9. The second-order valence-corrected chi connectivity index (χ2v) is 7.71. The van der Waals surface area contributed by atoms with Crippen LogP contribution in [-0.2, 0) is 11.2 Å². The molecule has 4 rings (SSSR count). The Kier molecular flexibility index (Phi) is 6.36. The minimum atomic E-state index is -0.987. The zero-order valence-corrected chi connectivity index (χ0v) is 18.2. The molecule has 0 radical (unpaired) electrons. The standard InChI is InChI=1S/C22H19ClF2N6O2/c1-26-21(33)14-7-12(24)8-16(25)19(14)30-20-15(23)10-27-22(31-20)28-13-6-5-11-3-2-4-18(32)29-17(11)9-13/h5-10H,2-4H2,1H3,(H,26,33)(H,29,32)(H2,27,28,30,31). The summed E-state index contributed by atoms with van der Waals surface area (Å²) in [6.45, 7) is 0. The van der Waals surface area contributed by atoms with Crippen molar-refractivity contribution in [2.24, 2.45) is 0 Å². The van der Waals surface area contributed by atoms with Crippen LogP contribution in [0.5, 0.6) is 0 Å². The molecule has 1 aliphatic heterocycles. The van der Waals surface area contributed by atoms with Gasteiger partial charge in [-0.1, -0.05) is 17.7 Å². The highest BCUT2D eigenvalue weighted by Crippen LogP contribution is 2.31. The quantitative estimate of drug-likeness (QED) is 0.434. The van der Waals surface area contributed by atoms with Gasteiger partial charge in [0.25, 0.3) is 5.91 Å². The van der Waals surface area contributed by atoms with Crippen LogP contribution in [0.4, 0.5) is 37.6 Å². The SMILES string of the molecule is CNC(=O)c1cc(F)cc(F)c1Nc1nc(Nc2ccc3c(c2)NC(=O)CCC3)ncc1Cl. The molecule has 2 heterocycles. The lowest BCUT2D eigenvalue weighted by Gasteiger charge is -2.14. The molecule has 0 atom stereocenters. The van der Waals surface area contributed by atoms with E-state index in [0.29, 0.717) is 23.9 Å². The molecule has 0 spiro atoms. The number of rotatable bonds is 5. The maximum absolute atomic E-state index is 14.5. The minimum Gasteiger partial charge on any atom is -0.355 e. The Balaban J connectivity index is 1.63.